The predicted octanol–water partition coefficient (Wildman–Crippen LogP) is 7.65. The van der Waals surface area contributed by atoms with Gasteiger partial charge >= 0.3 is 0 Å². The van der Waals surface area contributed by atoms with E-state index in [2.05, 4.69) is 0 Å². The van der Waals surface area contributed by atoms with Crippen LogP contribution in [-0.4, -0.2) is 0 Å². The Hall–Kier alpha value is -2.75. The lowest BCUT2D eigenvalue weighted by atomic mass is 9.90. The molecule has 0 aromatic heterocycles. The molecule has 0 aliphatic carbocycles. The summed E-state index contributed by atoms with van der Waals surface area (Å²) in [6, 6.07) is 7.19. The third kappa shape index (κ3) is 3.71. The van der Waals surface area contributed by atoms with Gasteiger partial charge in [-0.25, -0.2) is 8.78 Å². The Kier molecular flexibility index (Phi) is 5.98. The van der Waals surface area contributed by atoms with Gasteiger partial charge in [-0.3, -0.25) is 0 Å². The van der Waals surface area contributed by atoms with Crippen molar-refractivity contribution in [2.75, 3.05) is 0 Å². The molecule has 0 fully saturated rings. The molecule has 0 unspecified atom stereocenters. The van der Waals surface area contributed by atoms with Gasteiger partial charge in [-0.15, -0.1) is 0 Å². The Morgan fingerprint density at radius 2 is 1.10 bits per heavy atom. The van der Waals surface area contributed by atoms with Crippen LogP contribution in [0.2, 0.25) is 0 Å². The summed E-state index contributed by atoms with van der Waals surface area (Å²) in [5, 5.41) is 0. The summed E-state index contributed by atoms with van der Waals surface area (Å²) in [5.41, 5.74) is 6.91. The van der Waals surface area contributed by atoms with Gasteiger partial charge in [0.05, 0.1) is 0 Å². The van der Waals surface area contributed by atoms with Gasteiger partial charge in [0.1, 0.15) is 11.6 Å². The standard InChI is InChI=1S/C26H27F3O/c1-13-15(3)22(19(7)23(27)16(13)4)12-20-8-10-21(11-9-20)30-26-18(6)14(2)17(5)24(28)25(26)29/h8-11H,12H2,1-7H3. The summed E-state index contributed by atoms with van der Waals surface area (Å²) in [6.07, 6.45) is 0.585. The van der Waals surface area contributed by atoms with Crippen molar-refractivity contribution in [3.8, 4) is 11.5 Å². The Morgan fingerprint density at radius 3 is 1.70 bits per heavy atom. The van der Waals surface area contributed by atoms with Crippen LogP contribution < -0.4 is 4.74 Å². The molecular formula is C26H27F3O. The second kappa shape index (κ2) is 8.17. The maximum Gasteiger partial charge on any atom is 0.201 e. The van der Waals surface area contributed by atoms with Crippen LogP contribution in [0.4, 0.5) is 13.2 Å². The summed E-state index contributed by atoms with van der Waals surface area (Å²) < 4.78 is 48.8. The quantitative estimate of drug-likeness (QED) is 0.428. The van der Waals surface area contributed by atoms with E-state index in [0.29, 0.717) is 40.0 Å². The predicted molar refractivity (Wildman–Crippen MR) is 115 cm³/mol. The first-order chi connectivity index (χ1) is 14.0. The molecule has 0 aliphatic heterocycles. The van der Waals surface area contributed by atoms with Crippen molar-refractivity contribution < 1.29 is 17.9 Å². The van der Waals surface area contributed by atoms with Gasteiger partial charge in [0.15, 0.2) is 11.6 Å². The van der Waals surface area contributed by atoms with Crippen LogP contribution in [0.25, 0.3) is 0 Å². The van der Waals surface area contributed by atoms with Crippen molar-refractivity contribution in [3.05, 3.63) is 91.8 Å². The molecule has 3 aromatic carbocycles. The molecule has 0 amide bonds. The van der Waals surface area contributed by atoms with Crippen molar-refractivity contribution >= 4 is 0 Å². The molecule has 3 aromatic rings. The minimum absolute atomic E-state index is 0.0914. The van der Waals surface area contributed by atoms with Crippen LogP contribution in [0.5, 0.6) is 11.5 Å². The Balaban J connectivity index is 1.90. The van der Waals surface area contributed by atoms with Crippen molar-refractivity contribution in [2.24, 2.45) is 0 Å². The number of hydrogen-bond donors (Lipinski definition) is 0. The molecule has 0 heterocycles. The van der Waals surface area contributed by atoms with Gasteiger partial charge in [0.25, 0.3) is 0 Å². The van der Waals surface area contributed by atoms with Crippen LogP contribution in [0, 0.1) is 65.9 Å². The minimum atomic E-state index is -0.975. The van der Waals surface area contributed by atoms with E-state index in [4.69, 9.17) is 4.74 Å². The zero-order chi connectivity index (χ0) is 22.3. The highest BCUT2D eigenvalue weighted by Crippen LogP contribution is 2.34. The van der Waals surface area contributed by atoms with Crippen LogP contribution >= 0.6 is 0 Å². The van der Waals surface area contributed by atoms with Crippen LogP contribution in [-0.2, 0) is 6.42 Å². The van der Waals surface area contributed by atoms with Gasteiger partial charge in [-0.05, 0) is 117 Å². The minimum Gasteiger partial charge on any atom is -0.454 e. The second-order valence-corrected chi connectivity index (χ2v) is 8.05. The average molecular weight is 412 g/mol. The fraction of sp³-hybridized carbons (Fsp3) is 0.308. The van der Waals surface area contributed by atoms with Gasteiger partial charge in [0.2, 0.25) is 5.82 Å². The molecule has 30 heavy (non-hydrogen) atoms. The van der Waals surface area contributed by atoms with E-state index in [1.54, 1.807) is 46.8 Å². The van der Waals surface area contributed by atoms with Crippen molar-refractivity contribution in [2.45, 2.75) is 54.9 Å². The lowest BCUT2D eigenvalue weighted by molar-refractivity contribution is 0.410. The number of ether oxygens (including phenoxy) is 1. The molecule has 3 rings (SSSR count). The van der Waals surface area contributed by atoms with Gasteiger partial charge < -0.3 is 4.74 Å². The summed E-state index contributed by atoms with van der Waals surface area (Å²) >= 11 is 0. The third-order valence-corrected chi connectivity index (χ3v) is 6.40. The van der Waals surface area contributed by atoms with E-state index in [1.165, 1.54) is 0 Å². The van der Waals surface area contributed by atoms with Crippen LogP contribution in [0.1, 0.15) is 50.1 Å². The van der Waals surface area contributed by atoms with E-state index >= 15 is 0 Å². The molecule has 0 saturated carbocycles. The number of hydrogen-bond acceptors (Lipinski definition) is 1. The third-order valence-electron chi connectivity index (χ3n) is 6.40. The van der Waals surface area contributed by atoms with E-state index in [1.807, 2.05) is 26.0 Å². The van der Waals surface area contributed by atoms with Crippen molar-refractivity contribution in [3.63, 3.8) is 0 Å². The highest BCUT2D eigenvalue weighted by atomic mass is 19.2. The summed E-state index contributed by atoms with van der Waals surface area (Å²) in [7, 11) is 0. The second-order valence-electron chi connectivity index (χ2n) is 8.05. The fourth-order valence-electron chi connectivity index (χ4n) is 3.80. The molecule has 0 aliphatic rings. The molecule has 4 heteroatoms. The molecule has 0 radical (unpaired) electrons. The Labute approximate surface area is 176 Å². The summed E-state index contributed by atoms with van der Waals surface area (Å²) in [5.74, 6) is -1.69. The zero-order valence-electron chi connectivity index (χ0n) is 18.6. The maximum atomic E-state index is 14.5. The lowest BCUT2D eigenvalue weighted by Gasteiger charge is -2.17. The molecule has 0 saturated heterocycles. The van der Waals surface area contributed by atoms with E-state index in [0.717, 1.165) is 22.3 Å². The maximum absolute atomic E-state index is 14.5. The molecule has 158 valence electrons. The van der Waals surface area contributed by atoms with E-state index in [-0.39, 0.29) is 11.6 Å². The molecule has 0 atom stereocenters. The summed E-state index contributed by atoms with van der Waals surface area (Å²) in [4.78, 5) is 0. The Bertz CT molecular complexity index is 980. The van der Waals surface area contributed by atoms with Crippen LogP contribution in [0.3, 0.4) is 0 Å². The molecule has 0 bridgehead atoms. The van der Waals surface area contributed by atoms with Gasteiger partial charge in [-0.1, -0.05) is 12.1 Å². The molecule has 0 N–H and O–H groups in total. The SMILES string of the molecule is Cc1c(C)c(F)c(C)c(Cc2ccc(Oc3c(C)c(C)c(C)c(F)c3F)cc2)c1C. The van der Waals surface area contributed by atoms with E-state index < -0.39 is 11.6 Å². The van der Waals surface area contributed by atoms with Crippen molar-refractivity contribution in [1.29, 1.82) is 0 Å². The highest BCUT2D eigenvalue weighted by molar-refractivity contribution is 5.49. The number of halogens is 3. The van der Waals surface area contributed by atoms with Crippen molar-refractivity contribution in [1.82, 2.24) is 0 Å². The Morgan fingerprint density at radius 1 is 0.567 bits per heavy atom. The normalized spacial score (nSPS) is 11.1. The smallest absolute Gasteiger partial charge is 0.201 e. The first kappa shape index (κ1) is 21.9. The number of benzene rings is 3. The summed E-state index contributed by atoms with van der Waals surface area (Å²) in [6.45, 7) is 12.6. The van der Waals surface area contributed by atoms with Gasteiger partial charge in [0, 0.05) is 0 Å². The molecule has 1 nitrogen and oxygen atoms in total. The average Bonchev–Trinajstić information content (AvgIpc) is 2.75. The zero-order valence-corrected chi connectivity index (χ0v) is 18.6. The van der Waals surface area contributed by atoms with E-state index in [9.17, 15) is 13.2 Å². The molecular weight excluding hydrogens is 385 g/mol. The van der Waals surface area contributed by atoms with Gasteiger partial charge in [-0.2, -0.15) is 4.39 Å². The lowest BCUT2D eigenvalue weighted by Crippen LogP contribution is -2.04. The molecule has 0 spiro atoms. The number of rotatable bonds is 4. The van der Waals surface area contributed by atoms with Crippen LogP contribution in [0.15, 0.2) is 24.3 Å². The highest BCUT2D eigenvalue weighted by Gasteiger charge is 2.20. The monoisotopic (exact) mass is 412 g/mol. The fourth-order valence-corrected chi connectivity index (χ4v) is 3.80. The first-order valence-electron chi connectivity index (χ1n) is 10.0. The topological polar surface area (TPSA) is 9.23 Å². The largest absolute Gasteiger partial charge is 0.454 e. The first-order valence-corrected chi connectivity index (χ1v) is 10.0.